The van der Waals surface area contributed by atoms with Crippen LogP contribution in [0, 0.1) is 6.92 Å². The predicted octanol–water partition coefficient (Wildman–Crippen LogP) is 5.73. The Kier molecular flexibility index (Phi) is 10.7. The van der Waals surface area contributed by atoms with Crippen molar-refractivity contribution in [2.24, 2.45) is 0 Å². The molecule has 15 heteroatoms. The summed E-state index contributed by atoms with van der Waals surface area (Å²) in [5.41, 5.74) is 8.57. The van der Waals surface area contributed by atoms with Crippen molar-refractivity contribution in [3.05, 3.63) is 112 Å². The summed E-state index contributed by atoms with van der Waals surface area (Å²) in [7, 11) is -13.1. The monoisotopic (exact) mass is 799 g/mol. The predicted molar refractivity (Wildman–Crippen MR) is 208 cm³/mol. The van der Waals surface area contributed by atoms with Gasteiger partial charge in [0.05, 0.1) is 16.1 Å². The molecule has 290 valence electrons. The molecule has 0 saturated heterocycles. The van der Waals surface area contributed by atoms with Crippen LogP contribution < -0.4 is 4.90 Å². The average Bonchev–Trinajstić information content (AvgIpc) is 3.60. The van der Waals surface area contributed by atoms with Gasteiger partial charge in [0.1, 0.15) is 11.9 Å². The van der Waals surface area contributed by atoms with Gasteiger partial charge in [-0.1, -0.05) is 55.9 Å². The van der Waals surface area contributed by atoms with Gasteiger partial charge < -0.3 is 10.0 Å². The fourth-order valence-corrected chi connectivity index (χ4v) is 10.0. The first-order valence-electron chi connectivity index (χ1n) is 17.8. The van der Waals surface area contributed by atoms with Crippen LogP contribution in [0.25, 0.3) is 0 Å². The second kappa shape index (κ2) is 14.4. The van der Waals surface area contributed by atoms with Gasteiger partial charge in [-0.15, -0.1) is 0 Å². The number of aliphatic hydroxyl groups excluding tert-OH is 1. The van der Waals surface area contributed by atoms with E-state index in [1.807, 2.05) is 67.9 Å². The number of hydrogen-bond acceptors (Lipinski definition) is 8. The van der Waals surface area contributed by atoms with E-state index in [9.17, 15) is 44.0 Å². The SMILES string of the molecule is Cc1ccc2c(c1)C1(C)CCC(=C3C=C(/C=C/C=C/C=C4\N(CCS(=O)(=O)O)c5ccc(S(=O)(=O)O)cc5C4(C)C)CCC3)C1=[N+]2CC(O)CS(=O)(=O)O. The molecule has 4 N–H and O–H groups in total. The maximum Gasteiger partial charge on any atom is 0.294 e. The number of fused-ring (bicyclic) bond motifs is 4. The van der Waals surface area contributed by atoms with Crippen molar-refractivity contribution in [3.63, 3.8) is 0 Å². The van der Waals surface area contributed by atoms with E-state index in [0.717, 1.165) is 60.2 Å². The molecule has 0 radical (unpaired) electrons. The minimum Gasteiger partial charge on any atom is -0.385 e. The number of allylic oxidation sites excluding steroid dienone is 10. The van der Waals surface area contributed by atoms with Gasteiger partial charge in [-0.05, 0) is 93.0 Å². The van der Waals surface area contributed by atoms with Gasteiger partial charge in [0.25, 0.3) is 30.4 Å². The number of hydrogen-bond donors (Lipinski definition) is 4. The second-order valence-electron chi connectivity index (χ2n) is 15.3. The van der Waals surface area contributed by atoms with Crippen molar-refractivity contribution in [2.75, 3.05) is 29.5 Å². The number of anilines is 1. The Labute approximate surface area is 317 Å². The number of aliphatic hydroxyl groups is 1. The van der Waals surface area contributed by atoms with E-state index in [1.165, 1.54) is 29.3 Å². The van der Waals surface area contributed by atoms with E-state index in [-0.39, 0.29) is 23.4 Å². The highest BCUT2D eigenvalue weighted by molar-refractivity contribution is 7.86. The van der Waals surface area contributed by atoms with E-state index < -0.39 is 53.4 Å². The first-order valence-corrected chi connectivity index (χ1v) is 22.5. The number of rotatable bonds is 11. The summed E-state index contributed by atoms with van der Waals surface area (Å²) in [6.07, 6.45) is 14.8. The fraction of sp³-hybridized carbons (Fsp3) is 0.410. The smallest absolute Gasteiger partial charge is 0.294 e. The molecule has 2 aromatic carbocycles. The third-order valence-corrected chi connectivity index (χ3v) is 13.3. The van der Waals surface area contributed by atoms with Crippen LogP contribution in [0.1, 0.15) is 69.6 Å². The van der Waals surface area contributed by atoms with Crippen LogP contribution in [0.2, 0.25) is 0 Å². The molecule has 1 fully saturated rings. The van der Waals surface area contributed by atoms with Crippen LogP contribution in [-0.2, 0) is 41.2 Å². The fourth-order valence-electron chi connectivity index (χ4n) is 8.50. The van der Waals surface area contributed by atoms with E-state index in [1.54, 1.807) is 4.90 Å². The van der Waals surface area contributed by atoms with Gasteiger partial charge in [0.15, 0.2) is 12.3 Å². The molecule has 1 saturated carbocycles. The molecule has 0 spiro atoms. The zero-order valence-corrected chi connectivity index (χ0v) is 33.2. The third-order valence-electron chi connectivity index (χ3n) is 11.0. The Morgan fingerprint density at radius 2 is 1.63 bits per heavy atom. The molecular weight excluding hydrogens is 753 g/mol. The minimum atomic E-state index is -4.47. The van der Waals surface area contributed by atoms with E-state index in [0.29, 0.717) is 16.9 Å². The molecule has 2 aromatic rings. The van der Waals surface area contributed by atoms with Gasteiger partial charge in [-0.2, -0.15) is 29.8 Å². The highest BCUT2D eigenvalue weighted by atomic mass is 32.2. The standard InChI is InChI=1S/C39H46N2O10S3/c1-26-13-15-35-33(21-26)39(4)18-17-31(37(39)41(35)24-29(42)25-53(46,47)48)28-11-8-10-27(22-28)9-6-5-7-12-36-38(2,3)32-23-30(54(49,50)51)14-16-34(32)40(36)19-20-52(43,44)45/h5-7,9,12-16,21-23,29,42H,8,10-11,17-20,24-25H2,1-4H3,(H2-,43,44,45,46,47,48,49,50,51)/p+1. The Morgan fingerprint density at radius 1 is 0.889 bits per heavy atom. The van der Waals surface area contributed by atoms with Crippen molar-refractivity contribution in [2.45, 2.75) is 81.6 Å². The number of benzene rings is 2. The second-order valence-corrected chi connectivity index (χ2v) is 19.8. The van der Waals surface area contributed by atoms with Crippen LogP contribution >= 0.6 is 0 Å². The zero-order valence-electron chi connectivity index (χ0n) is 30.7. The van der Waals surface area contributed by atoms with E-state index in [2.05, 4.69) is 19.1 Å². The molecule has 4 aliphatic rings. The topological polar surface area (TPSA) is 190 Å². The van der Waals surface area contributed by atoms with E-state index in [4.69, 9.17) is 0 Å². The largest absolute Gasteiger partial charge is 0.385 e. The average molecular weight is 800 g/mol. The third kappa shape index (κ3) is 8.13. The summed E-state index contributed by atoms with van der Waals surface area (Å²) in [5, 5.41) is 10.8. The quantitative estimate of drug-likeness (QED) is 0.123. The van der Waals surface area contributed by atoms with E-state index >= 15 is 0 Å². The first kappa shape index (κ1) is 40.0. The van der Waals surface area contributed by atoms with Crippen LogP contribution in [0.3, 0.4) is 0 Å². The Hall–Kier alpha value is -3.70. The summed E-state index contributed by atoms with van der Waals surface area (Å²) in [6.45, 7) is 7.95. The lowest BCUT2D eigenvalue weighted by atomic mass is 9.79. The molecule has 0 aromatic heterocycles. The Bertz CT molecular complexity index is 2420. The van der Waals surface area contributed by atoms with Crippen molar-refractivity contribution < 1.29 is 48.6 Å². The number of aryl methyl sites for hydroxylation is 1. The maximum absolute atomic E-state index is 11.9. The lowest BCUT2D eigenvalue weighted by molar-refractivity contribution is -0.448. The molecule has 2 heterocycles. The van der Waals surface area contributed by atoms with Gasteiger partial charge in [-0.3, -0.25) is 13.7 Å². The van der Waals surface area contributed by atoms with Gasteiger partial charge in [0.2, 0.25) is 5.69 Å². The molecule has 6 rings (SSSR count). The molecule has 0 bridgehead atoms. The highest BCUT2D eigenvalue weighted by Gasteiger charge is 2.55. The van der Waals surface area contributed by atoms with Crippen LogP contribution in [0.4, 0.5) is 11.4 Å². The number of nitrogens with zero attached hydrogens (tertiary/aromatic N) is 2. The van der Waals surface area contributed by atoms with Gasteiger partial charge >= 0.3 is 0 Å². The molecule has 0 amide bonds. The minimum absolute atomic E-state index is 0.0329. The van der Waals surface area contributed by atoms with Crippen molar-refractivity contribution in [3.8, 4) is 0 Å². The van der Waals surface area contributed by atoms with Gasteiger partial charge in [-0.25, -0.2) is 0 Å². The molecule has 2 aliphatic carbocycles. The molecular formula is C39H47N2O10S3+. The summed E-state index contributed by atoms with van der Waals surface area (Å²) in [6, 6.07) is 10.4. The lowest BCUT2D eigenvalue weighted by Gasteiger charge is -2.26. The summed E-state index contributed by atoms with van der Waals surface area (Å²) in [5.74, 6) is -1.29. The summed E-state index contributed by atoms with van der Waals surface area (Å²) in [4.78, 5) is 1.46. The molecule has 54 heavy (non-hydrogen) atoms. The van der Waals surface area contributed by atoms with Gasteiger partial charge in [0, 0.05) is 40.5 Å². The molecule has 2 aliphatic heterocycles. The van der Waals surface area contributed by atoms with Crippen LogP contribution in [0.5, 0.6) is 0 Å². The molecule has 2 unspecified atom stereocenters. The van der Waals surface area contributed by atoms with Crippen LogP contribution in [0.15, 0.2) is 100 Å². The maximum atomic E-state index is 11.9. The lowest BCUT2D eigenvalue weighted by Crippen LogP contribution is -2.33. The molecule has 12 nitrogen and oxygen atoms in total. The van der Waals surface area contributed by atoms with Crippen molar-refractivity contribution >= 4 is 47.4 Å². The normalized spacial score (nSPS) is 24.1. The summed E-state index contributed by atoms with van der Waals surface area (Å²) < 4.78 is 101. The van der Waals surface area contributed by atoms with Crippen molar-refractivity contribution in [1.29, 1.82) is 0 Å². The highest BCUT2D eigenvalue weighted by Crippen LogP contribution is 2.52. The Morgan fingerprint density at radius 3 is 2.31 bits per heavy atom. The zero-order chi connectivity index (χ0) is 39.4. The number of β-amino-alcohol motifs (C(OH)–C–C–N with tert-alkyl or cyclic N) is 1. The van der Waals surface area contributed by atoms with Crippen molar-refractivity contribution in [1.82, 2.24) is 0 Å². The Balaban J connectivity index is 1.30. The summed E-state index contributed by atoms with van der Waals surface area (Å²) >= 11 is 0. The van der Waals surface area contributed by atoms with Crippen LogP contribution in [-0.4, -0.2) is 85.0 Å². The molecule has 2 atom stereocenters. The first-order chi connectivity index (χ1) is 25.1.